The van der Waals surface area contributed by atoms with E-state index in [1.165, 1.54) is 0 Å². The number of aryl methyl sites for hydroxylation is 1. The maximum absolute atomic E-state index is 12.4. The zero-order chi connectivity index (χ0) is 25.9. The molecule has 0 aliphatic carbocycles. The Labute approximate surface area is 218 Å². The SMILES string of the molecule is CCOc1ccccc1OCCn1c(CCCCCNC(=O)c2cccc(OC)c2)nc2ccccc21. The number of hydrogen-bond donors (Lipinski definition) is 1. The van der Waals surface area contributed by atoms with E-state index >= 15 is 0 Å². The lowest BCUT2D eigenvalue weighted by Gasteiger charge is -2.13. The predicted molar refractivity (Wildman–Crippen MR) is 146 cm³/mol. The molecule has 1 N–H and O–H groups in total. The quantitative estimate of drug-likeness (QED) is 0.226. The van der Waals surface area contributed by atoms with Crippen molar-refractivity contribution < 1.29 is 19.0 Å². The fraction of sp³-hybridized carbons (Fsp3) is 0.333. The van der Waals surface area contributed by atoms with Gasteiger partial charge in [0.25, 0.3) is 5.91 Å². The zero-order valence-electron chi connectivity index (χ0n) is 21.6. The van der Waals surface area contributed by atoms with Crippen LogP contribution in [0.25, 0.3) is 11.0 Å². The first-order chi connectivity index (χ1) is 18.2. The van der Waals surface area contributed by atoms with Gasteiger partial charge in [0.1, 0.15) is 18.2 Å². The predicted octanol–water partition coefficient (Wildman–Crippen LogP) is 5.67. The van der Waals surface area contributed by atoms with Crippen LogP contribution in [-0.4, -0.2) is 42.3 Å². The van der Waals surface area contributed by atoms with Crippen LogP contribution in [0, 0.1) is 0 Å². The van der Waals surface area contributed by atoms with Crippen molar-refractivity contribution in [2.75, 3.05) is 26.9 Å². The molecule has 4 aromatic rings. The van der Waals surface area contributed by atoms with Gasteiger partial charge in [0.15, 0.2) is 11.5 Å². The summed E-state index contributed by atoms with van der Waals surface area (Å²) in [6.45, 7) is 4.43. The first kappa shape index (κ1) is 26.1. The summed E-state index contributed by atoms with van der Waals surface area (Å²) in [5.74, 6) is 3.18. The van der Waals surface area contributed by atoms with Gasteiger partial charge < -0.3 is 24.1 Å². The fourth-order valence-corrected chi connectivity index (χ4v) is 4.31. The van der Waals surface area contributed by atoms with Crippen LogP contribution < -0.4 is 19.5 Å². The highest BCUT2D eigenvalue weighted by Crippen LogP contribution is 2.26. The number of methoxy groups -OCH3 is 1. The monoisotopic (exact) mass is 501 g/mol. The molecule has 0 fully saturated rings. The van der Waals surface area contributed by atoms with E-state index in [-0.39, 0.29) is 5.91 Å². The Kier molecular flexibility index (Phi) is 9.41. The minimum atomic E-state index is -0.0772. The van der Waals surface area contributed by atoms with Gasteiger partial charge in [-0.25, -0.2) is 4.98 Å². The van der Waals surface area contributed by atoms with Gasteiger partial charge in [0, 0.05) is 18.5 Å². The normalized spacial score (nSPS) is 10.9. The average molecular weight is 502 g/mol. The van der Waals surface area contributed by atoms with Crippen LogP contribution in [0.1, 0.15) is 42.4 Å². The smallest absolute Gasteiger partial charge is 0.251 e. The Morgan fingerprint density at radius 1 is 0.919 bits per heavy atom. The summed E-state index contributed by atoms with van der Waals surface area (Å²) in [4.78, 5) is 17.3. The van der Waals surface area contributed by atoms with Crippen LogP contribution in [0.4, 0.5) is 0 Å². The minimum Gasteiger partial charge on any atom is -0.497 e. The van der Waals surface area contributed by atoms with Crippen molar-refractivity contribution in [3.63, 3.8) is 0 Å². The molecule has 0 radical (unpaired) electrons. The van der Waals surface area contributed by atoms with Crippen LogP contribution in [0.3, 0.4) is 0 Å². The van der Waals surface area contributed by atoms with Crippen LogP contribution in [0.2, 0.25) is 0 Å². The molecule has 194 valence electrons. The van der Waals surface area contributed by atoms with E-state index in [0.29, 0.717) is 37.6 Å². The topological polar surface area (TPSA) is 74.6 Å². The van der Waals surface area contributed by atoms with E-state index in [1.807, 2.05) is 55.5 Å². The lowest BCUT2D eigenvalue weighted by molar-refractivity contribution is 0.0952. The molecule has 0 bridgehead atoms. The van der Waals surface area contributed by atoms with E-state index in [0.717, 1.165) is 54.0 Å². The van der Waals surface area contributed by atoms with Crippen molar-refractivity contribution in [1.29, 1.82) is 0 Å². The molecule has 0 saturated heterocycles. The molecule has 0 saturated carbocycles. The number of benzene rings is 3. The van der Waals surface area contributed by atoms with Crippen molar-refractivity contribution in [1.82, 2.24) is 14.9 Å². The largest absolute Gasteiger partial charge is 0.497 e. The van der Waals surface area contributed by atoms with E-state index in [4.69, 9.17) is 19.2 Å². The van der Waals surface area contributed by atoms with Crippen molar-refractivity contribution >= 4 is 16.9 Å². The summed E-state index contributed by atoms with van der Waals surface area (Å²) in [5.41, 5.74) is 2.72. The third-order valence-electron chi connectivity index (χ3n) is 6.15. The molecule has 37 heavy (non-hydrogen) atoms. The van der Waals surface area contributed by atoms with Crippen molar-refractivity contribution in [3.05, 3.63) is 84.2 Å². The highest BCUT2D eigenvalue weighted by Gasteiger charge is 2.12. The Morgan fingerprint density at radius 2 is 1.70 bits per heavy atom. The number of imidazole rings is 1. The van der Waals surface area contributed by atoms with Gasteiger partial charge in [-0.1, -0.05) is 36.8 Å². The molecule has 0 atom stereocenters. The second-order valence-corrected chi connectivity index (χ2v) is 8.70. The van der Waals surface area contributed by atoms with Crippen LogP contribution in [0.15, 0.2) is 72.8 Å². The highest BCUT2D eigenvalue weighted by molar-refractivity contribution is 5.94. The number of carbonyl (C=O) groups excluding carboxylic acids is 1. The summed E-state index contributed by atoms with van der Waals surface area (Å²) < 4.78 is 19.2. The number of aromatic nitrogens is 2. The third-order valence-corrected chi connectivity index (χ3v) is 6.15. The summed E-state index contributed by atoms with van der Waals surface area (Å²) >= 11 is 0. The minimum absolute atomic E-state index is 0.0772. The number of nitrogens with zero attached hydrogens (tertiary/aromatic N) is 2. The number of unbranched alkanes of at least 4 members (excludes halogenated alkanes) is 2. The Morgan fingerprint density at radius 3 is 2.51 bits per heavy atom. The number of para-hydroxylation sites is 4. The Balaban J connectivity index is 1.28. The second kappa shape index (κ2) is 13.3. The van der Waals surface area contributed by atoms with E-state index in [2.05, 4.69) is 22.0 Å². The zero-order valence-corrected chi connectivity index (χ0v) is 21.6. The molecule has 0 aliphatic heterocycles. The number of nitrogens with one attached hydrogen (secondary N) is 1. The van der Waals surface area contributed by atoms with Crippen LogP contribution in [-0.2, 0) is 13.0 Å². The number of hydrogen-bond acceptors (Lipinski definition) is 5. The van der Waals surface area contributed by atoms with E-state index in [9.17, 15) is 4.79 Å². The second-order valence-electron chi connectivity index (χ2n) is 8.70. The maximum Gasteiger partial charge on any atom is 0.251 e. The first-order valence-electron chi connectivity index (χ1n) is 12.9. The van der Waals surface area contributed by atoms with Crippen molar-refractivity contribution in [3.8, 4) is 17.2 Å². The van der Waals surface area contributed by atoms with Crippen molar-refractivity contribution in [2.45, 2.75) is 39.2 Å². The molecule has 0 aliphatic rings. The Bertz CT molecular complexity index is 1300. The first-order valence-corrected chi connectivity index (χ1v) is 12.9. The fourth-order valence-electron chi connectivity index (χ4n) is 4.31. The van der Waals surface area contributed by atoms with Gasteiger partial charge in [-0.2, -0.15) is 0 Å². The summed E-state index contributed by atoms with van der Waals surface area (Å²) in [6.07, 6.45) is 3.77. The number of fused-ring (bicyclic) bond motifs is 1. The summed E-state index contributed by atoms with van der Waals surface area (Å²) in [6, 6.07) is 23.2. The summed E-state index contributed by atoms with van der Waals surface area (Å²) in [5, 5.41) is 3.00. The maximum atomic E-state index is 12.4. The highest BCUT2D eigenvalue weighted by atomic mass is 16.5. The lowest BCUT2D eigenvalue weighted by Crippen LogP contribution is -2.24. The molecule has 1 aromatic heterocycles. The lowest BCUT2D eigenvalue weighted by atomic mass is 10.1. The molecule has 0 spiro atoms. The standard InChI is InChI=1S/C30H35N3O4/c1-3-36-27-16-8-9-17-28(27)37-21-20-33-26-15-7-6-14-25(26)32-29(33)18-5-4-10-19-31-30(34)23-12-11-13-24(22-23)35-2/h6-9,11-17,22H,3-5,10,18-21H2,1-2H3,(H,31,34). The molecule has 1 amide bonds. The average Bonchev–Trinajstić information content (AvgIpc) is 3.29. The molecule has 3 aromatic carbocycles. The van der Waals surface area contributed by atoms with Crippen molar-refractivity contribution in [2.24, 2.45) is 0 Å². The molecule has 0 unspecified atom stereocenters. The number of carbonyl (C=O) groups is 1. The molecular formula is C30H35N3O4. The van der Waals surface area contributed by atoms with E-state index < -0.39 is 0 Å². The van der Waals surface area contributed by atoms with Gasteiger partial charge in [0.05, 0.1) is 31.3 Å². The molecular weight excluding hydrogens is 466 g/mol. The number of rotatable bonds is 14. The summed E-state index contributed by atoms with van der Waals surface area (Å²) in [7, 11) is 1.60. The Hall–Kier alpha value is -4.00. The van der Waals surface area contributed by atoms with Gasteiger partial charge >= 0.3 is 0 Å². The van der Waals surface area contributed by atoms with E-state index in [1.54, 1.807) is 19.2 Å². The molecule has 4 rings (SSSR count). The van der Waals surface area contributed by atoms with Gasteiger partial charge in [-0.15, -0.1) is 0 Å². The van der Waals surface area contributed by atoms with Crippen LogP contribution >= 0.6 is 0 Å². The molecule has 7 heteroatoms. The number of ether oxygens (including phenoxy) is 3. The van der Waals surface area contributed by atoms with Crippen LogP contribution in [0.5, 0.6) is 17.2 Å². The number of amides is 1. The van der Waals surface area contributed by atoms with Gasteiger partial charge in [0.2, 0.25) is 0 Å². The van der Waals surface area contributed by atoms with Gasteiger partial charge in [-0.05, 0) is 62.2 Å². The third kappa shape index (κ3) is 7.03. The van der Waals surface area contributed by atoms with Gasteiger partial charge in [-0.3, -0.25) is 4.79 Å². The molecule has 7 nitrogen and oxygen atoms in total. The molecule has 1 heterocycles.